The van der Waals surface area contributed by atoms with E-state index in [0.29, 0.717) is 23.6 Å². The molecule has 0 saturated heterocycles. The number of nitrogens with one attached hydrogen (secondary N) is 1. The van der Waals surface area contributed by atoms with E-state index < -0.39 is 0 Å². The second kappa shape index (κ2) is 6.58. The third kappa shape index (κ3) is 2.96. The Bertz CT molecular complexity index is 1320. The van der Waals surface area contributed by atoms with Gasteiger partial charge in [-0.05, 0) is 35.9 Å². The van der Waals surface area contributed by atoms with E-state index in [0.717, 1.165) is 16.5 Å². The molecule has 0 aliphatic heterocycles. The Kier molecular flexibility index (Phi) is 3.79. The fourth-order valence-corrected chi connectivity index (χ4v) is 2.99. The van der Waals surface area contributed by atoms with Crippen LogP contribution in [0.1, 0.15) is 11.4 Å². The monoisotopic (exact) mass is 370 g/mol. The molecular formula is C20H14N6O2. The van der Waals surface area contributed by atoms with E-state index in [4.69, 9.17) is 4.52 Å². The van der Waals surface area contributed by atoms with Gasteiger partial charge in [-0.2, -0.15) is 19.9 Å². The number of aromatic amines is 1. The third-order valence-corrected chi connectivity index (χ3v) is 4.36. The molecule has 8 heteroatoms. The van der Waals surface area contributed by atoms with Crippen LogP contribution in [0, 0.1) is 0 Å². The van der Waals surface area contributed by atoms with Crippen LogP contribution in [0.2, 0.25) is 0 Å². The van der Waals surface area contributed by atoms with Crippen molar-refractivity contribution >= 4 is 10.9 Å². The Morgan fingerprint density at radius 3 is 2.82 bits per heavy atom. The molecule has 136 valence electrons. The summed E-state index contributed by atoms with van der Waals surface area (Å²) in [7, 11) is 0. The summed E-state index contributed by atoms with van der Waals surface area (Å²) in [5.41, 5.74) is 2.89. The lowest BCUT2D eigenvalue weighted by Crippen LogP contribution is -2.20. The van der Waals surface area contributed by atoms with Gasteiger partial charge in [0.05, 0.1) is 17.4 Å². The average molecular weight is 370 g/mol. The largest absolute Gasteiger partial charge is 0.332 e. The second-order valence-corrected chi connectivity index (χ2v) is 6.29. The molecule has 28 heavy (non-hydrogen) atoms. The molecule has 0 spiro atoms. The predicted molar refractivity (Wildman–Crippen MR) is 102 cm³/mol. The summed E-state index contributed by atoms with van der Waals surface area (Å²) in [6, 6.07) is 18.2. The molecule has 0 atom stereocenters. The van der Waals surface area contributed by atoms with Gasteiger partial charge in [0, 0.05) is 17.9 Å². The fourth-order valence-electron chi connectivity index (χ4n) is 2.99. The zero-order chi connectivity index (χ0) is 18.9. The van der Waals surface area contributed by atoms with E-state index in [1.54, 1.807) is 12.3 Å². The van der Waals surface area contributed by atoms with E-state index in [1.165, 1.54) is 10.7 Å². The highest BCUT2D eigenvalue weighted by Crippen LogP contribution is 2.18. The summed E-state index contributed by atoms with van der Waals surface area (Å²) in [5.74, 6) is 0.807. The van der Waals surface area contributed by atoms with Gasteiger partial charge in [-0.15, -0.1) is 0 Å². The van der Waals surface area contributed by atoms with Crippen molar-refractivity contribution in [2.24, 2.45) is 0 Å². The van der Waals surface area contributed by atoms with Gasteiger partial charge in [-0.25, -0.2) is 0 Å². The van der Waals surface area contributed by atoms with Crippen molar-refractivity contribution in [2.45, 2.75) is 6.42 Å². The van der Waals surface area contributed by atoms with Crippen molar-refractivity contribution in [1.82, 2.24) is 30.1 Å². The fraction of sp³-hybridized carbons (Fsp3) is 0.0500. The Hall–Kier alpha value is -4.07. The second-order valence-electron chi connectivity index (χ2n) is 6.29. The van der Waals surface area contributed by atoms with Gasteiger partial charge in [0.25, 0.3) is 11.4 Å². The molecule has 3 aromatic heterocycles. The van der Waals surface area contributed by atoms with Crippen molar-refractivity contribution in [3.05, 3.63) is 88.6 Å². The first-order valence-corrected chi connectivity index (χ1v) is 8.67. The van der Waals surface area contributed by atoms with Crippen molar-refractivity contribution in [3.8, 4) is 17.3 Å². The number of benzene rings is 2. The van der Waals surface area contributed by atoms with Gasteiger partial charge in [0.1, 0.15) is 5.69 Å². The molecule has 0 amide bonds. The molecule has 0 aliphatic rings. The number of hydrogen-bond donors (Lipinski definition) is 1. The molecule has 1 N–H and O–H groups in total. The van der Waals surface area contributed by atoms with E-state index in [1.807, 2.05) is 48.5 Å². The minimum atomic E-state index is -0.233. The number of hydrogen-bond acceptors (Lipinski definition) is 6. The Morgan fingerprint density at radius 2 is 1.93 bits per heavy atom. The van der Waals surface area contributed by atoms with Crippen molar-refractivity contribution in [3.63, 3.8) is 0 Å². The number of nitrogens with zero attached hydrogens (tertiary/aromatic N) is 5. The summed E-state index contributed by atoms with van der Waals surface area (Å²) in [5, 5.41) is 16.4. The summed E-state index contributed by atoms with van der Waals surface area (Å²) in [4.78, 5) is 16.6. The third-order valence-electron chi connectivity index (χ3n) is 4.36. The maximum absolute atomic E-state index is 12.2. The highest BCUT2D eigenvalue weighted by Gasteiger charge is 2.13. The van der Waals surface area contributed by atoms with Crippen molar-refractivity contribution in [2.75, 3.05) is 0 Å². The minimum Gasteiger partial charge on any atom is -0.332 e. The van der Waals surface area contributed by atoms with Crippen LogP contribution in [-0.2, 0) is 6.42 Å². The lowest BCUT2D eigenvalue weighted by Gasteiger charge is -2.04. The maximum atomic E-state index is 12.2. The molecule has 0 radical (unpaired) electrons. The standard InChI is InChI=1S/C20H14N6O2/c27-19-9-8-17(24-26(19)15-4-2-1-3-5-15)20-22-18(25-28-20)11-13-6-7-16-14(10-13)12-21-23-16/h1-10,12H,11H2,(H,21,23). The van der Waals surface area contributed by atoms with Crippen molar-refractivity contribution < 1.29 is 4.52 Å². The Balaban J connectivity index is 1.45. The molecule has 0 aliphatic carbocycles. The summed E-state index contributed by atoms with van der Waals surface area (Å²) in [6.07, 6.45) is 2.29. The molecular weight excluding hydrogens is 356 g/mol. The van der Waals surface area contributed by atoms with Gasteiger partial charge < -0.3 is 4.52 Å². The number of fused-ring (bicyclic) bond motifs is 1. The lowest BCUT2D eigenvalue weighted by molar-refractivity contribution is 0.421. The van der Waals surface area contributed by atoms with Crippen LogP contribution in [0.25, 0.3) is 28.2 Å². The van der Waals surface area contributed by atoms with E-state index in [-0.39, 0.29) is 11.4 Å². The first-order valence-electron chi connectivity index (χ1n) is 8.67. The summed E-state index contributed by atoms with van der Waals surface area (Å²) < 4.78 is 6.68. The predicted octanol–water partition coefficient (Wildman–Crippen LogP) is 2.75. The van der Waals surface area contributed by atoms with Gasteiger partial charge in [-0.3, -0.25) is 9.89 Å². The molecule has 0 unspecified atom stereocenters. The van der Waals surface area contributed by atoms with Crippen LogP contribution in [-0.4, -0.2) is 30.1 Å². The quantitative estimate of drug-likeness (QED) is 0.522. The van der Waals surface area contributed by atoms with Crippen LogP contribution in [0.5, 0.6) is 0 Å². The molecule has 0 bridgehead atoms. The van der Waals surface area contributed by atoms with Crippen LogP contribution >= 0.6 is 0 Å². The molecule has 2 aromatic carbocycles. The zero-order valence-corrected chi connectivity index (χ0v) is 14.6. The van der Waals surface area contributed by atoms with Gasteiger partial charge in [0.2, 0.25) is 0 Å². The summed E-state index contributed by atoms with van der Waals surface area (Å²) in [6.45, 7) is 0. The maximum Gasteiger partial charge on any atom is 0.278 e. The lowest BCUT2D eigenvalue weighted by atomic mass is 10.1. The average Bonchev–Trinajstić information content (AvgIpc) is 3.38. The molecule has 8 nitrogen and oxygen atoms in total. The summed E-state index contributed by atoms with van der Waals surface area (Å²) >= 11 is 0. The highest BCUT2D eigenvalue weighted by molar-refractivity contribution is 5.78. The molecule has 0 saturated carbocycles. The number of para-hydroxylation sites is 1. The SMILES string of the molecule is O=c1ccc(-c2nc(Cc3ccc4[nH]ncc4c3)no2)nn1-c1ccccc1. The minimum absolute atomic E-state index is 0.233. The Labute approximate surface area is 158 Å². The molecule has 5 rings (SSSR count). The van der Waals surface area contributed by atoms with Crippen molar-refractivity contribution in [1.29, 1.82) is 0 Å². The van der Waals surface area contributed by atoms with E-state index >= 15 is 0 Å². The number of H-pyrrole nitrogens is 1. The topological polar surface area (TPSA) is 102 Å². The van der Waals surface area contributed by atoms with Gasteiger partial charge >= 0.3 is 0 Å². The van der Waals surface area contributed by atoms with Crippen LogP contribution < -0.4 is 5.56 Å². The Morgan fingerprint density at radius 1 is 1.04 bits per heavy atom. The normalized spacial score (nSPS) is 11.1. The van der Waals surface area contributed by atoms with E-state index in [9.17, 15) is 4.79 Å². The highest BCUT2D eigenvalue weighted by atomic mass is 16.5. The van der Waals surface area contributed by atoms with Crippen LogP contribution in [0.3, 0.4) is 0 Å². The first-order chi connectivity index (χ1) is 13.8. The smallest absolute Gasteiger partial charge is 0.278 e. The van der Waals surface area contributed by atoms with Crippen LogP contribution in [0.4, 0.5) is 0 Å². The first kappa shape index (κ1) is 16.1. The van der Waals surface area contributed by atoms with Gasteiger partial charge in [0.15, 0.2) is 5.82 Å². The van der Waals surface area contributed by atoms with E-state index in [2.05, 4.69) is 25.4 Å². The number of aromatic nitrogens is 6. The van der Waals surface area contributed by atoms with Crippen LogP contribution in [0.15, 0.2) is 76.2 Å². The van der Waals surface area contributed by atoms with Gasteiger partial charge in [-0.1, -0.05) is 29.4 Å². The molecule has 5 aromatic rings. The molecule has 0 fully saturated rings. The zero-order valence-electron chi connectivity index (χ0n) is 14.6. The number of rotatable bonds is 4. The molecule has 3 heterocycles.